The van der Waals surface area contributed by atoms with Gasteiger partial charge in [0, 0.05) is 13.0 Å². The van der Waals surface area contributed by atoms with Crippen LogP contribution in [0.4, 0.5) is 4.39 Å². The molecule has 10 heavy (non-hydrogen) atoms. The highest BCUT2D eigenvalue weighted by molar-refractivity contribution is 5.19. The van der Waals surface area contributed by atoms with Gasteiger partial charge in [-0.05, 0) is 6.07 Å². The van der Waals surface area contributed by atoms with Crippen molar-refractivity contribution in [1.82, 2.24) is 0 Å². The van der Waals surface area contributed by atoms with E-state index in [9.17, 15) is 4.39 Å². The Labute approximate surface area is 59.4 Å². The summed E-state index contributed by atoms with van der Waals surface area (Å²) in [6.07, 6.45) is -1.27. The zero-order valence-electron chi connectivity index (χ0n) is 5.67. The van der Waals surface area contributed by atoms with Crippen molar-refractivity contribution in [3.63, 3.8) is 0 Å². The molecule has 2 heteroatoms. The molecule has 0 spiro atoms. The van der Waals surface area contributed by atoms with Crippen LogP contribution in [0.25, 0.3) is 0 Å². The van der Waals surface area contributed by atoms with Gasteiger partial charge in [-0.25, -0.2) is 4.39 Å². The maximum absolute atomic E-state index is 12.1. The summed E-state index contributed by atoms with van der Waals surface area (Å²) in [5.74, 6) is 0.442. The lowest BCUT2D eigenvalue weighted by molar-refractivity contribution is 0.0858. The molecule has 0 aliphatic carbocycles. The van der Waals surface area contributed by atoms with Gasteiger partial charge in [-0.2, -0.15) is 0 Å². The fourth-order valence-corrected chi connectivity index (χ4v) is 0.625. The van der Waals surface area contributed by atoms with Gasteiger partial charge < -0.3 is 4.74 Å². The summed E-state index contributed by atoms with van der Waals surface area (Å²) < 4.78 is 16.8. The number of hydrogen-bond acceptors (Lipinski definition) is 1. The smallest absolute Gasteiger partial charge is 0.235 e. The summed E-state index contributed by atoms with van der Waals surface area (Å²) in [7, 11) is 0. The van der Waals surface area contributed by atoms with Crippen LogP contribution < -0.4 is 4.74 Å². The first-order chi connectivity index (χ1) is 4.79. The average molecular weight is 139 g/mol. The van der Waals surface area contributed by atoms with E-state index in [2.05, 4.69) is 6.07 Å². The Morgan fingerprint density at radius 2 is 2.40 bits per heavy atom. The van der Waals surface area contributed by atoms with Crippen molar-refractivity contribution in [2.75, 3.05) is 0 Å². The van der Waals surface area contributed by atoms with Crippen LogP contribution in [0.3, 0.4) is 0 Å². The molecule has 1 radical (unpaired) electrons. The highest BCUT2D eigenvalue weighted by Gasteiger charge is 1.97. The first kappa shape index (κ1) is 7.06. The molecule has 1 nitrogen and oxygen atoms in total. The van der Waals surface area contributed by atoms with E-state index < -0.39 is 6.36 Å². The van der Waals surface area contributed by atoms with Crippen LogP contribution in [0.1, 0.15) is 6.92 Å². The number of alkyl halides is 1. The van der Waals surface area contributed by atoms with E-state index in [0.717, 1.165) is 0 Å². The van der Waals surface area contributed by atoms with Gasteiger partial charge in [0.25, 0.3) is 0 Å². The van der Waals surface area contributed by atoms with E-state index >= 15 is 0 Å². The van der Waals surface area contributed by atoms with Crippen LogP contribution >= 0.6 is 0 Å². The van der Waals surface area contributed by atoms with Gasteiger partial charge in [0.1, 0.15) is 5.75 Å². The normalized spacial score (nSPS) is 12.6. The van der Waals surface area contributed by atoms with E-state index in [1.165, 1.54) is 6.92 Å². The fourth-order valence-electron chi connectivity index (χ4n) is 0.625. The molecule has 0 N–H and O–H groups in total. The molecule has 1 aromatic carbocycles. The van der Waals surface area contributed by atoms with Crippen LogP contribution in [-0.2, 0) is 0 Å². The van der Waals surface area contributed by atoms with Crippen molar-refractivity contribution < 1.29 is 9.13 Å². The Balaban J connectivity index is 2.59. The predicted octanol–water partition coefficient (Wildman–Crippen LogP) is 2.18. The van der Waals surface area contributed by atoms with Crippen molar-refractivity contribution in [1.29, 1.82) is 0 Å². The number of para-hydroxylation sites is 1. The lowest BCUT2D eigenvalue weighted by Crippen LogP contribution is -2.03. The summed E-state index contributed by atoms with van der Waals surface area (Å²) in [5.41, 5.74) is 0. The van der Waals surface area contributed by atoms with E-state index in [-0.39, 0.29) is 0 Å². The maximum atomic E-state index is 12.1. The number of benzene rings is 1. The zero-order chi connectivity index (χ0) is 7.40. The molecule has 0 aliphatic rings. The van der Waals surface area contributed by atoms with Crippen LogP contribution in [0.15, 0.2) is 24.3 Å². The molecule has 0 heterocycles. The van der Waals surface area contributed by atoms with Crippen molar-refractivity contribution >= 4 is 0 Å². The Morgan fingerprint density at radius 3 is 2.90 bits per heavy atom. The number of ether oxygens (including phenoxy) is 1. The molecular weight excluding hydrogens is 131 g/mol. The van der Waals surface area contributed by atoms with Crippen molar-refractivity contribution in [3.8, 4) is 5.75 Å². The molecule has 0 saturated heterocycles. The molecule has 0 aliphatic heterocycles. The molecule has 53 valence electrons. The molecule has 0 aromatic heterocycles. The minimum absolute atomic E-state index is 0.442. The molecule has 1 rings (SSSR count). The van der Waals surface area contributed by atoms with Gasteiger partial charge in [0.15, 0.2) is 0 Å². The molecule has 0 fully saturated rings. The minimum atomic E-state index is -1.27. The average Bonchev–Trinajstić information content (AvgIpc) is 1.88. The highest BCUT2D eigenvalue weighted by atomic mass is 19.1. The van der Waals surface area contributed by atoms with Gasteiger partial charge in [-0.1, -0.05) is 18.2 Å². The SMILES string of the molecule is CC(F)Oc1[c]cccc1. The second-order valence-corrected chi connectivity index (χ2v) is 1.89. The summed E-state index contributed by atoms with van der Waals surface area (Å²) in [6.45, 7) is 1.33. The third-order valence-corrected chi connectivity index (χ3v) is 0.970. The number of hydrogen-bond donors (Lipinski definition) is 0. The molecular formula is C8H8FO. The number of rotatable bonds is 2. The lowest BCUT2D eigenvalue weighted by Gasteiger charge is -2.04. The van der Waals surface area contributed by atoms with Gasteiger partial charge in [0.05, 0.1) is 0 Å². The van der Waals surface area contributed by atoms with Gasteiger partial charge in [0.2, 0.25) is 6.36 Å². The first-order valence-electron chi connectivity index (χ1n) is 3.06. The van der Waals surface area contributed by atoms with Crippen molar-refractivity contribution in [2.45, 2.75) is 13.3 Å². The topological polar surface area (TPSA) is 9.23 Å². The summed E-state index contributed by atoms with van der Waals surface area (Å²) >= 11 is 0. The van der Waals surface area contributed by atoms with Crippen LogP contribution in [0.2, 0.25) is 0 Å². The van der Waals surface area contributed by atoms with E-state index in [1.54, 1.807) is 24.3 Å². The van der Waals surface area contributed by atoms with Crippen molar-refractivity contribution in [2.24, 2.45) is 0 Å². The van der Waals surface area contributed by atoms with Crippen molar-refractivity contribution in [3.05, 3.63) is 30.3 Å². The van der Waals surface area contributed by atoms with Gasteiger partial charge in [-0.3, -0.25) is 0 Å². The standard InChI is InChI=1S/C8H8FO/c1-7(9)10-8-5-3-2-4-6-8/h2-5,7H,1H3. The third-order valence-electron chi connectivity index (χ3n) is 0.970. The maximum Gasteiger partial charge on any atom is 0.235 e. The lowest BCUT2D eigenvalue weighted by atomic mass is 10.3. The second-order valence-electron chi connectivity index (χ2n) is 1.89. The largest absolute Gasteiger partial charge is 0.460 e. The minimum Gasteiger partial charge on any atom is -0.460 e. The van der Waals surface area contributed by atoms with E-state index in [4.69, 9.17) is 4.74 Å². The summed E-state index contributed by atoms with van der Waals surface area (Å²) in [6, 6.07) is 9.65. The Kier molecular flexibility index (Phi) is 2.26. The van der Waals surface area contributed by atoms with Gasteiger partial charge in [-0.15, -0.1) is 0 Å². The van der Waals surface area contributed by atoms with E-state index in [0.29, 0.717) is 5.75 Å². The monoisotopic (exact) mass is 139 g/mol. The first-order valence-corrected chi connectivity index (χ1v) is 3.06. The van der Waals surface area contributed by atoms with Crippen LogP contribution in [0, 0.1) is 6.07 Å². The second kappa shape index (κ2) is 3.20. The summed E-state index contributed by atoms with van der Waals surface area (Å²) in [4.78, 5) is 0. The highest BCUT2D eigenvalue weighted by Crippen LogP contribution is 2.09. The molecule has 0 bridgehead atoms. The predicted molar refractivity (Wildman–Crippen MR) is 36.5 cm³/mol. The van der Waals surface area contributed by atoms with Crippen LogP contribution in [0.5, 0.6) is 5.75 Å². The Morgan fingerprint density at radius 1 is 1.60 bits per heavy atom. The van der Waals surface area contributed by atoms with Crippen LogP contribution in [-0.4, -0.2) is 6.36 Å². The number of halogens is 1. The molecule has 1 atom stereocenters. The quantitative estimate of drug-likeness (QED) is 0.610. The molecule has 1 unspecified atom stereocenters. The summed E-state index contributed by atoms with van der Waals surface area (Å²) in [5, 5.41) is 0. The fraction of sp³-hybridized carbons (Fsp3) is 0.250. The Bertz CT molecular complexity index is 184. The molecule has 0 saturated carbocycles. The molecule has 1 aromatic rings. The zero-order valence-corrected chi connectivity index (χ0v) is 5.67. The van der Waals surface area contributed by atoms with Gasteiger partial charge >= 0.3 is 0 Å². The molecule has 0 amide bonds. The van der Waals surface area contributed by atoms with E-state index in [1.807, 2.05) is 0 Å². The third kappa shape index (κ3) is 2.05. The Hall–Kier alpha value is -1.05.